The first kappa shape index (κ1) is 13.9. The second kappa shape index (κ2) is 5.35. The predicted octanol–water partition coefficient (Wildman–Crippen LogP) is 0.306. The number of ether oxygens (including phenoxy) is 1. The van der Waals surface area contributed by atoms with Crippen LogP contribution in [0.15, 0.2) is 0 Å². The molecule has 3 N–H and O–H groups in total. The van der Waals surface area contributed by atoms with Crippen LogP contribution in [-0.2, 0) is 11.3 Å². The van der Waals surface area contributed by atoms with Gasteiger partial charge in [0.1, 0.15) is 0 Å². The van der Waals surface area contributed by atoms with Gasteiger partial charge in [-0.25, -0.2) is 0 Å². The molecule has 1 aromatic heterocycles. The standard InChI is InChI=1S/C14H24N4O2/c1-9-14(15)10(2)18(16-9)6-11(19)5-17-7-12-3-4-13(8-17)20-12/h11-13,19H,3-8,15H2,1-2H3. The maximum Gasteiger partial charge on any atom is 0.0862 e. The molecule has 3 unspecified atom stereocenters. The van der Waals surface area contributed by atoms with E-state index in [1.165, 1.54) is 0 Å². The van der Waals surface area contributed by atoms with Gasteiger partial charge in [-0.3, -0.25) is 9.58 Å². The molecule has 3 heterocycles. The van der Waals surface area contributed by atoms with E-state index < -0.39 is 6.10 Å². The highest BCUT2D eigenvalue weighted by Crippen LogP contribution is 2.26. The lowest BCUT2D eigenvalue weighted by Gasteiger charge is -2.33. The fourth-order valence-corrected chi connectivity index (χ4v) is 3.29. The van der Waals surface area contributed by atoms with Crippen LogP contribution in [0.4, 0.5) is 5.69 Å². The summed E-state index contributed by atoms with van der Waals surface area (Å²) in [6.07, 6.45) is 2.62. The monoisotopic (exact) mass is 280 g/mol. The highest BCUT2D eigenvalue weighted by atomic mass is 16.5. The van der Waals surface area contributed by atoms with Crippen molar-refractivity contribution >= 4 is 5.69 Å². The van der Waals surface area contributed by atoms with E-state index in [2.05, 4.69) is 10.00 Å². The maximum absolute atomic E-state index is 10.3. The van der Waals surface area contributed by atoms with E-state index in [0.29, 0.717) is 25.3 Å². The average Bonchev–Trinajstić information content (AvgIpc) is 2.85. The first-order valence-electron chi connectivity index (χ1n) is 7.38. The van der Waals surface area contributed by atoms with E-state index in [1.807, 2.05) is 18.5 Å². The number of hydrogen-bond donors (Lipinski definition) is 2. The van der Waals surface area contributed by atoms with Gasteiger partial charge in [-0.15, -0.1) is 0 Å². The highest BCUT2D eigenvalue weighted by molar-refractivity contribution is 5.46. The average molecular weight is 280 g/mol. The van der Waals surface area contributed by atoms with Crippen LogP contribution < -0.4 is 5.73 Å². The van der Waals surface area contributed by atoms with Crippen molar-refractivity contribution in [3.63, 3.8) is 0 Å². The fourth-order valence-electron chi connectivity index (χ4n) is 3.29. The number of nitrogens with two attached hydrogens (primary N) is 1. The summed E-state index contributed by atoms with van der Waals surface area (Å²) in [7, 11) is 0. The highest BCUT2D eigenvalue weighted by Gasteiger charge is 2.34. The molecule has 0 aromatic carbocycles. The van der Waals surface area contributed by atoms with Crippen LogP contribution >= 0.6 is 0 Å². The third-order valence-electron chi connectivity index (χ3n) is 4.41. The number of morpholine rings is 1. The quantitative estimate of drug-likeness (QED) is 0.830. The summed E-state index contributed by atoms with van der Waals surface area (Å²) in [5, 5.41) is 14.7. The zero-order chi connectivity index (χ0) is 14.3. The lowest BCUT2D eigenvalue weighted by Crippen LogP contribution is -2.46. The molecule has 2 fully saturated rings. The van der Waals surface area contributed by atoms with Crippen molar-refractivity contribution in [3.05, 3.63) is 11.4 Å². The molecule has 20 heavy (non-hydrogen) atoms. The van der Waals surface area contributed by atoms with Crippen molar-refractivity contribution in [1.82, 2.24) is 14.7 Å². The molecule has 0 spiro atoms. The van der Waals surface area contributed by atoms with Crippen LogP contribution in [0, 0.1) is 13.8 Å². The van der Waals surface area contributed by atoms with Crippen molar-refractivity contribution in [2.24, 2.45) is 0 Å². The summed E-state index contributed by atoms with van der Waals surface area (Å²) >= 11 is 0. The van der Waals surface area contributed by atoms with Crippen molar-refractivity contribution in [2.75, 3.05) is 25.4 Å². The summed E-state index contributed by atoms with van der Waals surface area (Å²) in [5.74, 6) is 0. The number of fused-ring (bicyclic) bond motifs is 2. The minimum atomic E-state index is -0.426. The Kier molecular flexibility index (Phi) is 3.70. The third kappa shape index (κ3) is 2.68. The fraction of sp³-hybridized carbons (Fsp3) is 0.786. The molecule has 0 amide bonds. The van der Waals surface area contributed by atoms with Gasteiger partial charge in [-0.2, -0.15) is 5.10 Å². The lowest BCUT2D eigenvalue weighted by atomic mass is 10.2. The molecule has 1 aromatic rings. The summed E-state index contributed by atoms with van der Waals surface area (Å²) in [5.41, 5.74) is 8.41. The molecule has 2 aliphatic heterocycles. The Labute approximate surface area is 119 Å². The number of rotatable bonds is 4. The second-order valence-electron chi connectivity index (χ2n) is 6.10. The Morgan fingerprint density at radius 3 is 2.50 bits per heavy atom. The Morgan fingerprint density at radius 2 is 1.95 bits per heavy atom. The minimum absolute atomic E-state index is 0.366. The van der Waals surface area contributed by atoms with E-state index in [1.54, 1.807) is 0 Å². The van der Waals surface area contributed by atoms with Gasteiger partial charge in [0, 0.05) is 19.6 Å². The number of nitrogens with zero attached hydrogens (tertiary/aromatic N) is 3. The van der Waals surface area contributed by atoms with Crippen LogP contribution in [0.3, 0.4) is 0 Å². The van der Waals surface area contributed by atoms with Gasteiger partial charge in [-0.05, 0) is 26.7 Å². The van der Waals surface area contributed by atoms with Crippen LogP contribution in [0.25, 0.3) is 0 Å². The van der Waals surface area contributed by atoms with Gasteiger partial charge in [0.2, 0.25) is 0 Å². The second-order valence-corrected chi connectivity index (χ2v) is 6.10. The molecule has 6 nitrogen and oxygen atoms in total. The molecule has 0 saturated carbocycles. The van der Waals surface area contributed by atoms with Crippen LogP contribution in [0.1, 0.15) is 24.2 Å². The molecule has 0 radical (unpaired) electrons. The molecule has 0 aliphatic carbocycles. The van der Waals surface area contributed by atoms with Crippen LogP contribution in [0.2, 0.25) is 0 Å². The molecule has 3 rings (SSSR count). The van der Waals surface area contributed by atoms with E-state index in [-0.39, 0.29) is 0 Å². The first-order valence-corrected chi connectivity index (χ1v) is 7.38. The number of aliphatic hydroxyl groups is 1. The number of nitrogen functional groups attached to an aromatic ring is 1. The van der Waals surface area contributed by atoms with Gasteiger partial charge >= 0.3 is 0 Å². The molecule has 6 heteroatoms. The first-order chi connectivity index (χ1) is 9.52. The van der Waals surface area contributed by atoms with E-state index >= 15 is 0 Å². The smallest absolute Gasteiger partial charge is 0.0862 e. The number of aliphatic hydroxyl groups excluding tert-OH is 1. The zero-order valence-electron chi connectivity index (χ0n) is 12.2. The van der Waals surface area contributed by atoms with Crippen molar-refractivity contribution in [3.8, 4) is 0 Å². The van der Waals surface area contributed by atoms with Crippen molar-refractivity contribution in [1.29, 1.82) is 0 Å². The van der Waals surface area contributed by atoms with E-state index in [0.717, 1.165) is 43.0 Å². The molecule has 2 aliphatic rings. The minimum Gasteiger partial charge on any atom is -0.396 e. The van der Waals surface area contributed by atoms with E-state index in [9.17, 15) is 5.11 Å². The molecular formula is C14H24N4O2. The summed E-state index contributed by atoms with van der Waals surface area (Å²) in [6, 6.07) is 0. The molecule has 3 atom stereocenters. The van der Waals surface area contributed by atoms with Gasteiger partial charge in [0.15, 0.2) is 0 Å². The van der Waals surface area contributed by atoms with Crippen molar-refractivity contribution in [2.45, 2.75) is 51.5 Å². The van der Waals surface area contributed by atoms with Gasteiger partial charge < -0.3 is 15.6 Å². The molecular weight excluding hydrogens is 256 g/mol. The molecule has 2 saturated heterocycles. The summed E-state index contributed by atoms with van der Waals surface area (Å²) in [4.78, 5) is 2.31. The summed E-state index contributed by atoms with van der Waals surface area (Å²) < 4.78 is 7.62. The number of anilines is 1. The normalized spacial score (nSPS) is 27.9. The Morgan fingerprint density at radius 1 is 1.30 bits per heavy atom. The lowest BCUT2D eigenvalue weighted by molar-refractivity contribution is -0.0509. The van der Waals surface area contributed by atoms with Gasteiger partial charge in [-0.1, -0.05) is 0 Å². The van der Waals surface area contributed by atoms with Crippen LogP contribution in [0.5, 0.6) is 0 Å². The van der Waals surface area contributed by atoms with Gasteiger partial charge in [0.25, 0.3) is 0 Å². The largest absolute Gasteiger partial charge is 0.396 e. The molecule has 2 bridgehead atoms. The number of β-amino-alcohol motifs (C(OH)–C–C–N with tert-alkyl or cyclic N) is 1. The Bertz CT molecular complexity index is 476. The van der Waals surface area contributed by atoms with E-state index in [4.69, 9.17) is 10.5 Å². The van der Waals surface area contributed by atoms with Crippen molar-refractivity contribution < 1.29 is 9.84 Å². The Hall–Kier alpha value is -1.11. The number of aryl methyl sites for hydroxylation is 1. The van der Waals surface area contributed by atoms with Crippen LogP contribution in [-0.4, -0.2) is 57.7 Å². The third-order valence-corrected chi connectivity index (χ3v) is 4.41. The predicted molar refractivity (Wildman–Crippen MR) is 76.5 cm³/mol. The van der Waals surface area contributed by atoms with Gasteiger partial charge in [0.05, 0.1) is 41.9 Å². The number of likely N-dealkylation sites (tertiary alicyclic amines) is 1. The molecule has 112 valence electrons. The SMILES string of the molecule is Cc1nn(CC(O)CN2CC3CCC(C2)O3)c(C)c1N. The number of hydrogen-bond acceptors (Lipinski definition) is 5. The maximum atomic E-state index is 10.3. The zero-order valence-corrected chi connectivity index (χ0v) is 12.2. The summed E-state index contributed by atoms with van der Waals surface area (Å²) in [6.45, 7) is 6.88. The number of aromatic nitrogens is 2. The topological polar surface area (TPSA) is 76.5 Å². The Balaban J connectivity index is 1.57.